The number of nitrogens with zero attached hydrogens (tertiary/aromatic N) is 1. The fourth-order valence-electron chi connectivity index (χ4n) is 2.28. The van der Waals surface area contributed by atoms with Crippen molar-refractivity contribution in [3.63, 3.8) is 0 Å². The Morgan fingerprint density at radius 3 is 2.92 bits per heavy atom. The first-order valence-corrected chi connectivity index (χ1v) is 5.58. The minimum Gasteiger partial charge on any atom is -0.466 e. The highest BCUT2D eigenvalue weighted by atomic mass is 32.1. The highest BCUT2D eigenvalue weighted by Gasteiger charge is 2.45. The Labute approximate surface area is 81.1 Å². The molecule has 1 N–H and O–H groups in total. The van der Waals surface area contributed by atoms with Crippen LogP contribution in [0.5, 0.6) is 5.19 Å². The minimum atomic E-state index is 0.437. The van der Waals surface area contributed by atoms with E-state index in [1.54, 1.807) is 17.5 Å². The highest BCUT2D eigenvalue weighted by Crippen LogP contribution is 2.39. The second-order valence-electron chi connectivity index (χ2n) is 3.79. The first kappa shape index (κ1) is 7.76. The molecule has 1 aromatic rings. The predicted molar refractivity (Wildman–Crippen MR) is 51.0 cm³/mol. The number of nitrogens with one attached hydrogen (secondary N) is 1. The molecule has 0 aromatic carbocycles. The molecule has 1 aliphatic heterocycles. The van der Waals surface area contributed by atoms with Crippen LogP contribution >= 0.6 is 11.3 Å². The second-order valence-corrected chi connectivity index (χ2v) is 4.65. The van der Waals surface area contributed by atoms with E-state index in [-0.39, 0.29) is 0 Å². The summed E-state index contributed by atoms with van der Waals surface area (Å²) in [4.78, 5) is 4.14. The van der Waals surface area contributed by atoms with Gasteiger partial charge in [-0.25, -0.2) is 4.98 Å². The fraction of sp³-hybridized carbons (Fsp3) is 0.667. The molecular weight excluding hydrogens is 184 g/mol. The fourth-order valence-corrected chi connectivity index (χ4v) is 2.80. The Morgan fingerprint density at radius 2 is 2.31 bits per heavy atom. The van der Waals surface area contributed by atoms with Crippen LogP contribution in [0.15, 0.2) is 11.6 Å². The average molecular weight is 196 g/mol. The van der Waals surface area contributed by atoms with E-state index in [0.29, 0.717) is 6.10 Å². The average Bonchev–Trinajstić information content (AvgIpc) is 2.68. The summed E-state index contributed by atoms with van der Waals surface area (Å²) in [5.74, 6) is 1.45. The van der Waals surface area contributed by atoms with Crippen molar-refractivity contribution in [2.45, 2.75) is 12.5 Å². The molecule has 0 spiro atoms. The maximum atomic E-state index is 5.82. The third kappa shape index (κ3) is 1.25. The Hall–Kier alpha value is -0.610. The molecule has 3 rings (SSSR count). The van der Waals surface area contributed by atoms with Crippen molar-refractivity contribution in [2.24, 2.45) is 11.8 Å². The molecule has 0 radical (unpaired) electrons. The first-order chi connectivity index (χ1) is 6.43. The molecule has 1 aliphatic carbocycles. The Bertz CT molecular complexity index is 274. The van der Waals surface area contributed by atoms with Crippen molar-refractivity contribution < 1.29 is 4.74 Å². The molecule has 1 saturated carbocycles. The highest BCUT2D eigenvalue weighted by molar-refractivity contribution is 7.11. The number of hydrogen-bond acceptors (Lipinski definition) is 4. The third-order valence-electron chi connectivity index (χ3n) is 2.99. The summed E-state index contributed by atoms with van der Waals surface area (Å²) in [5.41, 5.74) is 0. The van der Waals surface area contributed by atoms with Gasteiger partial charge in [0.25, 0.3) is 5.19 Å². The maximum absolute atomic E-state index is 5.82. The van der Waals surface area contributed by atoms with Crippen molar-refractivity contribution in [3.8, 4) is 5.19 Å². The number of piperidine rings is 2. The number of thiazole rings is 1. The van der Waals surface area contributed by atoms with Crippen molar-refractivity contribution >= 4 is 11.3 Å². The van der Waals surface area contributed by atoms with Gasteiger partial charge < -0.3 is 10.1 Å². The Balaban J connectivity index is 1.68. The monoisotopic (exact) mass is 196 g/mol. The van der Waals surface area contributed by atoms with Crippen LogP contribution in [0.3, 0.4) is 0 Å². The van der Waals surface area contributed by atoms with Crippen LogP contribution in [0.4, 0.5) is 0 Å². The van der Waals surface area contributed by atoms with Gasteiger partial charge in [-0.05, 0) is 6.42 Å². The van der Waals surface area contributed by atoms with Gasteiger partial charge in [0, 0.05) is 36.5 Å². The summed E-state index contributed by atoms with van der Waals surface area (Å²) < 4.78 is 5.82. The molecule has 3 nitrogen and oxygen atoms in total. The van der Waals surface area contributed by atoms with E-state index in [9.17, 15) is 0 Å². The molecule has 1 saturated heterocycles. The predicted octanol–water partition coefficient (Wildman–Crippen LogP) is 1.13. The van der Waals surface area contributed by atoms with E-state index in [1.165, 1.54) is 6.42 Å². The molecule has 2 heterocycles. The third-order valence-corrected chi connectivity index (χ3v) is 3.66. The van der Waals surface area contributed by atoms with Gasteiger partial charge in [-0.3, -0.25) is 0 Å². The molecule has 4 heteroatoms. The van der Waals surface area contributed by atoms with E-state index in [0.717, 1.165) is 30.1 Å². The van der Waals surface area contributed by atoms with E-state index in [2.05, 4.69) is 10.3 Å². The molecule has 13 heavy (non-hydrogen) atoms. The Morgan fingerprint density at radius 1 is 1.46 bits per heavy atom. The summed E-state index contributed by atoms with van der Waals surface area (Å²) in [7, 11) is 0. The quantitative estimate of drug-likeness (QED) is 0.770. The van der Waals surface area contributed by atoms with E-state index < -0.39 is 0 Å². The summed E-state index contributed by atoms with van der Waals surface area (Å²) >= 11 is 1.59. The lowest BCUT2D eigenvalue weighted by molar-refractivity contribution is -0.0446. The number of ether oxygens (including phenoxy) is 1. The number of aromatic nitrogens is 1. The molecule has 2 aliphatic rings. The van der Waals surface area contributed by atoms with Gasteiger partial charge in [0.15, 0.2) is 0 Å². The second kappa shape index (κ2) is 2.96. The van der Waals surface area contributed by atoms with Crippen LogP contribution in [-0.2, 0) is 0 Å². The summed E-state index contributed by atoms with van der Waals surface area (Å²) in [6, 6.07) is 0. The molecule has 0 amide bonds. The number of fused-ring (bicyclic) bond motifs is 2. The van der Waals surface area contributed by atoms with Crippen LogP contribution in [0.25, 0.3) is 0 Å². The van der Waals surface area contributed by atoms with Crippen molar-refractivity contribution in [1.29, 1.82) is 0 Å². The van der Waals surface area contributed by atoms with Gasteiger partial charge in [0.2, 0.25) is 0 Å². The topological polar surface area (TPSA) is 34.1 Å². The van der Waals surface area contributed by atoms with Gasteiger partial charge in [-0.2, -0.15) is 0 Å². The summed E-state index contributed by atoms with van der Waals surface area (Å²) in [5, 5.41) is 6.19. The molecule has 70 valence electrons. The molecule has 2 fully saturated rings. The zero-order valence-corrected chi connectivity index (χ0v) is 8.09. The molecular formula is C9H12N2OS. The number of hydrogen-bond donors (Lipinski definition) is 1. The van der Waals surface area contributed by atoms with Gasteiger partial charge in [0.1, 0.15) is 6.10 Å². The van der Waals surface area contributed by atoms with Crippen LogP contribution in [0.1, 0.15) is 6.42 Å². The van der Waals surface area contributed by atoms with Crippen LogP contribution in [0.2, 0.25) is 0 Å². The number of rotatable bonds is 2. The van der Waals surface area contributed by atoms with Crippen molar-refractivity contribution in [1.82, 2.24) is 10.3 Å². The smallest absolute Gasteiger partial charge is 0.273 e. The van der Waals surface area contributed by atoms with Gasteiger partial charge in [-0.1, -0.05) is 11.3 Å². The first-order valence-electron chi connectivity index (χ1n) is 4.70. The largest absolute Gasteiger partial charge is 0.466 e. The molecule has 2 bridgehead atoms. The molecule has 1 unspecified atom stereocenters. The summed E-state index contributed by atoms with van der Waals surface area (Å²) in [6.07, 6.45) is 3.57. The van der Waals surface area contributed by atoms with E-state index in [1.807, 2.05) is 5.38 Å². The summed E-state index contributed by atoms with van der Waals surface area (Å²) in [6.45, 7) is 2.24. The van der Waals surface area contributed by atoms with Crippen LogP contribution in [0, 0.1) is 11.8 Å². The SMILES string of the molecule is c1csc(OC2[C@@H]3CNC[C@H]2C3)n1. The lowest BCUT2D eigenvalue weighted by Crippen LogP contribution is -2.59. The zero-order chi connectivity index (χ0) is 8.67. The van der Waals surface area contributed by atoms with Gasteiger partial charge in [0.05, 0.1) is 0 Å². The van der Waals surface area contributed by atoms with Crippen LogP contribution in [-0.4, -0.2) is 24.2 Å². The van der Waals surface area contributed by atoms with E-state index >= 15 is 0 Å². The van der Waals surface area contributed by atoms with Gasteiger partial charge in [-0.15, -0.1) is 0 Å². The zero-order valence-electron chi connectivity index (χ0n) is 7.27. The van der Waals surface area contributed by atoms with Crippen molar-refractivity contribution in [2.75, 3.05) is 13.1 Å². The molecule has 3 atom stereocenters. The van der Waals surface area contributed by atoms with E-state index in [4.69, 9.17) is 4.74 Å². The molecule has 1 aromatic heterocycles. The van der Waals surface area contributed by atoms with Crippen LogP contribution < -0.4 is 10.1 Å². The Kier molecular flexibility index (Phi) is 1.77. The van der Waals surface area contributed by atoms with Gasteiger partial charge >= 0.3 is 0 Å². The maximum Gasteiger partial charge on any atom is 0.273 e. The normalized spacial score (nSPS) is 36.8. The lowest BCUT2D eigenvalue weighted by atomic mass is 9.69. The van der Waals surface area contributed by atoms with Crippen molar-refractivity contribution in [3.05, 3.63) is 11.6 Å². The minimum absolute atomic E-state index is 0.437. The standard InChI is InChI=1S/C9H12N2OS/c1-2-13-9(11-1)12-8-6-3-7(8)5-10-4-6/h1-2,6-8,10H,3-5H2/t6-,7+,8?. The lowest BCUT2D eigenvalue weighted by Gasteiger charge is -2.48.